The van der Waals surface area contributed by atoms with Crippen molar-refractivity contribution < 1.29 is 30.6 Å². The summed E-state index contributed by atoms with van der Waals surface area (Å²) in [4.78, 5) is 42.7. The lowest BCUT2D eigenvalue weighted by Crippen LogP contribution is -2.50. The molecule has 1 fully saturated rings. The third-order valence-corrected chi connectivity index (χ3v) is 6.23. The summed E-state index contributed by atoms with van der Waals surface area (Å²) >= 11 is 0. The van der Waals surface area contributed by atoms with Crippen molar-refractivity contribution in [2.45, 2.75) is 38.8 Å². The summed E-state index contributed by atoms with van der Waals surface area (Å²) in [6.45, 7) is 6.68. The summed E-state index contributed by atoms with van der Waals surface area (Å²) in [6, 6.07) is 14.9. The van der Waals surface area contributed by atoms with Crippen LogP contribution in [-0.2, 0) is 15.9 Å². The fraction of sp³-hybridized carbons (Fsp3) is 0.323. The number of piperazine rings is 1. The van der Waals surface area contributed by atoms with Gasteiger partial charge in [-0.15, -0.1) is 0 Å². The largest absolute Gasteiger partial charge is 0.444 e. The lowest BCUT2D eigenvalue weighted by Gasteiger charge is -2.37. The molecule has 0 saturated carbocycles. The maximum Gasteiger partial charge on any atom is 0.410 e. The molecule has 0 aromatic heterocycles. The Kier molecular flexibility index (Phi) is 8.35. The van der Waals surface area contributed by atoms with Gasteiger partial charge in [-0.25, -0.2) is 13.6 Å². The summed E-state index contributed by atoms with van der Waals surface area (Å²) in [6.07, 6.45) is -2.89. The quantitative estimate of drug-likeness (QED) is 0.420. The molecule has 1 atom stereocenters. The zero-order valence-corrected chi connectivity index (χ0v) is 23.1. The SMILES string of the molecule is [2H]C([2H])(c1ccccc1)[C@@H](NC(=O)c1ccccc1F)C(=O)Nc1cc(F)ccc1N1CCN(C(=O)OC(C)(C)C)CC1. The summed E-state index contributed by atoms with van der Waals surface area (Å²) in [7, 11) is 0. The lowest BCUT2D eigenvalue weighted by molar-refractivity contribution is -0.118. The molecule has 10 heteroatoms. The highest BCUT2D eigenvalue weighted by molar-refractivity contribution is 6.02. The molecule has 3 aromatic carbocycles. The van der Waals surface area contributed by atoms with Crippen LogP contribution in [0.25, 0.3) is 0 Å². The van der Waals surface area contributed by atoms with E-state index in [9.17, 15) is 23.2 Å². The number of rotatable bonds is 7. The molecule has 1 heterocycles. The van der Waals surface area contributed by atoms with Crippen molar-refractivity contribution >= 4 is 29.3 Å². The number of carbonyl (C=O) groups is 3. The number of amides is 3. The number of ether oxygens (including phenoxy) is 1. The van der Waals surface area contributed by atoms with Gasteiger partial charge in [0.15, 0.2) is 0 Å². The van der Waals surface area contributed by atoms with Gasteiger partial charge < -0.3 is 25.2 Å². The molecular formula is C31H34F2N4O4. The molecular weight excluding hydrogens is 530 g/mol. The summed E-state index contributed by atoms with van der Waals surface area (Å²) in [5.41, 5.74) is -0.422. The number of benzene rings is 3. The van der Waals surface area contributed by atoms with E-state index in [2.05, 4.69) is 10.6 Å². The van der Waals surface area contributed by atoms with Gasteiger partial charge in [0.1, 0.15) is 23.3 Å². The van der Waals surface area contributed by atoms with Crippen molar-refractivity contribution in [1.29, 1.82) is 0 Å². The van der Waals surface area contributed by atoms with E-state index in [1.807, 2.05) is 4.90 Å². The van der Waals surface area contributed by atoms with Gasteiger partial charge in [0.25, 0.3) is 5.91 Å². The normalized spacial score (nSPS) is 15.3. The van der Waals surface area contributed by atoms with E-state index in [-0.39, 0.29) is 16.8 Å². The van der Waals surface area contributed by atoms with E-state index >= 15 is 0 Å². The van der Waals surface area contributed by atoms with Crippen molar-refractivity contribution in [2.24, 2.45) is 0 Å². The molecule has 4 rings (SSSR count). The first kappa shape index (κ1) is 26.7. The maximum atomic E-state index is 14.4. The Morgan fingerprint density at radius 2 is 1.61 bits per heavy atom. The molecule has 1 saturated heterocycles. The molecule has 0 radical (unpaired) electrons. The molecule has 8 nitrogen and oxygen atoms in total. The molecule has 0 aliphatic carbocycles. The number of hydrogen-bond acceptors (Lipinski definition) is 5. The number of hydrogen-bond donors (Lipinski definition) is 2. The van der Waals surface area contributed by atoms with Gasteiger partial charge in [0.2, 0.25) is 5.91 Å². The van der Waals surface area contributed by atoms with Gasteiger partial charge in [0, 0.05) is 35.3 Å². The van der Waals surface area contributed by atoms with Crippen LogP contribution >= 0.6 is 0 Å². The first-order valence-corrected chi connectivity index (χ1v) is 13.2. The Bertz CT molecular complexity index is 1480. The Morgan fingerprint density at radius 1 is 0.951 bits per heavy atom. The minimum atomic E-state index is -2.45. The molecule has 216 valence electrons. The first-order valence-electron chi connectivity index (χ1n) is 14.2. The van der Waals surface area contributed by atoms with E-state index in [0.717, 1.165) is 12.1 Å². The predicted molar refractivity (Wildman–Crippen MR) is 153 cm³/mol. The van der Waals surface area contributed by atoms with Crippen LogP contribution in [0.2, 0.25) is 0 Å². The van der Waals surface area contributed by atoms with Gasteiger partial charge in [-0.1, -0.05) is 42.5 Å². The van der Waals surface area contributed by atoms with E-state index in [1.54, 1.807) is 43.9 Å². The van der Waals surface area contributed by atoms with Crippen LogP contribution in [0, 0.1) is 11.6 Å². The van der Waals surface area contributed by atoms with E-state index in [4.69, 9.17) is 7.48 Å². The summed E-state index contributed by atoms with van der Waals surface area (Å²) in [5.74, 6) is -3.45. The second kappa shape index (κ2) is 12.8. The highest BCUT2D eigenvalue weighted by Gasteiger charge is 2.28. The monoisotopic (exact) mass is 566 g/mol. The van der Waals surface area contributed by atoms with Crippen LogP contribution < -0.4 is 15.5 Å². The van der Waals surface area contributed by atoms with E-state index in [0.29, 0.717) is 31.9 Å². The fourth-order valence-electron chi connectivity index (χ4n) is 4.27. The second-order valence-electron chi connectivity index (χ2n) is 10.5. The molecule has 0 bridgehead atoms. The molecule has 0 spiro atoms. The zero-order chi connectivity index (χ0) is 31.4. The van der Waals surface area contributed by atoms with Crippen molar-refractivity contribution in [1.82, 2.24) is 10.2 Å². The smallest absolute Gasteiger partial charge is 0.410 e. The minimum Gasteiger partial charge on any atom is -0.444 e. The third-order valence-electron chi connectivity index (χ3n) is 6.23. The Balaban J connectivity index is 1.59. The Morgan fingerprint density at radius 3 is 2.27 bits per heavy atom. The predicted octanol–water partition coefficient (Wildman–Crippen LogP) is 5.00. The number of halogens is 2. The zero-order valence-electron chi connectivity index (χ0n) is 25.1. The third kappa shape index (κ3) is 8.03. The summed E-state index contributed by atoms with van der Waals surface area (Å²) < 4.78 is 51.9. The van der Waals surface area contributed by atoms with Crippen LogP contribution in [0.15, 0.2) is 72.8 Å². The molecule has 1 aliphatic rings. The lowest BCUT2D eigenvalue weighted by atomic mass is 10.0. The van der Waals surface area contributed by atoms with Crippen LogP contribution in [-0.4, -0.2) is 60.6 Å². The molecule has 2 N–H and O–H groups in total. The average Bonchev–Trinajstić information content (AvgIpc) is 2.95. The van der Waals surface area contributed by atoms with Crippen LogP contribution in [0.1, 0.15) is 39.4 Å². The Hall–Kier alpha value is -4.47. The van der Waals surface area contributed by atoms with Gasteiger partial charge in [-0.3, -0.25) is 9.59 Å². The summed E-state index contributed by atoms with van der Waals surface area (Å²) in [5, 5.41) is 4.94. The van der Waals surface area contributed by atoms with Gasteiger partial charge in [-0.2, -0.15) is 0 Å². The molecule has 41 heavy (non-hydrogen) atoms. The number of nitrogens with zero attached hydrogens (tertiary/aromatic N) is 2. The van der Waals surface area contributed by atoms with Crippen molar-refractivity contribution in [3.05, 3.63) is 95.6 Å². The molecule has 3 amide bonds. The standard InChI is InChI=1S/C31H34F2N4O4/c1-31(2,3)41-30(40)37-17-15-36(16-18-37)27-14-13-22(32)20-25(27)34-29(39)26(19-21-9-5-4-6-10-21)35-28(38)23-11-7-8-12-24(23)33/h4-14,20,26H,15-19H2,1-3H3,(H,34,39)(H,35,38)/t26-/m1/s1/i19D2. The van der Waals surface area contributed by atoms with Crippen molar-refractivity contribution in [2.75, 3.05) is 36.4 Å². The minimum absolute atomic E-state index is 0.0460. The van der Waals surface area contributed by atoms with Gasteiger partial charge in [-0.05, 0) is 56.7 Å². The highest BCUT2D eigenvalue weighted by Crippen LogP contribution is 2.29. The van der Waals surface area contributed by atoms with Crippen LogP contribution in [0.3, 0.4) is 0 Å². The van der Waals surface area contributed by atoms with Crippen molar-refractivity contribution in [3.63, 3.8) is 0 Å². The fourth-order valence-corrected chi connectivity index (χ4v) is 4.27. The number of nitrogens with one attached hydrogen (secondary N) is 2. The van der Waals surface area contributed by atoms with Gasteiger partial charge >= 0.3 is 6.09 Å². The molecule has 3 aromatic rings. The maximum absolute atomic E-state index is 14.4. The van der Waals surface area contributed by atoms with E-state index < -0.39 is 47.6 Å². The van der Waals surface area contributed by atoms with Crippen molar-refractivity contribution in [3.8, 4) is 0 Å². The first-order chi connectivity index (χ1) is 20.3. The van der Waals surface area contributed by atoms with Crippen LogP contribution in [0.4, 0.5) is 25.0 Å². The molecule has 1 aliphatic heterocycles. The van der Waals surface area contributed by atoms with Crippen LogP contribution in [0.5, 0.6) is 0 Å². The Labute approximate surface area is 241 Å². The number of anilines is 2. The topological polar surface area (TPSA) is 91.0 Å². The highest BCUT2D eigenvalue weighted by atomic mass is 19.1. The second-order valence-corrected chi connectivity index (χ2v) is 10.5. The average molecular weight is 567 g/mol. The van der Waals surface area contributed by atoms with E-state index in [1.165, 1.54) is 42.5 Å². The number of carbonyl (C=O) groups excluding carboxylic acids is 3. The molecule has 0 unspecified atom stereocenters. The van der Waals surface area contributed by atoms with Gasteiger partial charge in [0.05, 0.1) is 16.9 Å².